The van der Waals surface area contributed by atoms with E-state index in [9.17, 15) is 4.79 Å². The maximum absolute atomic E-state index is 12.2. The third-order valence-electron chi connectivity index (χ3n) is 3.82. The van der Waals surface area contributed by atoms with E-state index in [1.807, 2.05) is 12.1 Å². The van der Waals surface area contributed by atoms with Gasteiger partial charge in [-0.2, -0.15) is 5.10 Å². The van der Waals surface area contributed by atoms with Gasteiger partial charge < -0.3 is 10.6 Å². The fraction of sp³-hybridized carbons (Fsp3) is 0.375. The molecular weight excluding hydrogens is 349 g/mol. The summed E-state index contributed by atoms with van der Waals surface area (Å²) in [7, 11) is 0. The molecular formula is C16H21Cl2N5O. The van der Waals surface area contributed by atoms with Gasteiger partial charge in [0.25, 0.3) is 5.91 Å². The van der Waals surface area contributed by atoms with Crippen molar-refractivity contribution in [1.29, 1.82) is 0 Å². The largest absolute Gasteiger partial charge is 0.349 e. The molecule has 1 fully saturated rings. The number of carbonyl (C=O) groups excluding carboxylic acids is 1. The number of halogens is 2. The summed E-state index contributed by atoms with van der Waals surface area (Å²) in [5.41, 5.74) is 1.24. The lowest BCUT2D eigenvalue weighted by atomic mass is 10.3. The summed E-state index contributed by atoms with van der Waals surface area (Å²) in [6.45, 7) is 5.57. The zero-order chi connectivity index (χ0) is 16.1. The van der Waals surface area contributed by atoms with Crippen LogP contribution in [0.5, 0.6) is 0 Å². The van der Waals surface area contributed by atoms with Gasteiger partial charge in [-0.25, -0.2) is 4.68 Å². The quantitative estimate of drug-likeness (QED) is 0.839. The van der Waals surface area contributed by atoms with E-state index in [-0.39, 0.29) is 18.3 Å². The first-order valence-corrected chi connectivity index (χ1v) is 8.13. The summed E-state index contributed by atoms with van der Waals surface area (Å²) in [5, 5.41) is 11.2. The Morgan fingerprint density at radius 2 is 2.08 bits per heavy atom. The molecule has 0 unspecified atom stereocenters. The fourth-order valence-corrected chi connectivity index (χ4v) is 2.74. The van der Waals surface area contributed by atoms with E-state index in [0.717, 1.165) is 38.4 Å². The maximum Gasteiger partial charge on any atom is 0.271 e. The molecule has 0 aliphatic carbocycles. The van der Waals surface area contributed by atoms with Crippen LogP contribution >= 0.6 is 24.0 Å². The molecule has 8 heteroatoms. The Bertz CT molecular complexity index is 670. The Morgan fingerprint density at radius 3 is 2.83 bits per heavy atom. The second kappa shape index (κ2) is 9.03. The molecule has 24 heavy (non-hydrogen) atoms. The molecule has 1 saturated heterocycles. The fourth-order valence-electron chi connectivity index (χ4n) is 2.56. The zero-order valence-electron chi connectivity index (χ0n) is 13.2. The van der Waals surface area contributed by atoms with Crippen molar-refractivity contribution in [3.63, 3.8) is 0 Å². The molecule has 0 spiro atoms. The molecule has 2 heterocycles. The molecule has 1 aromatic heterocycles. The number of nitrogens with zero attached hydrogens (tertiary/aromatic N) is 3. The van der Waals surface area contributed by atoms with Crippen molar-refractivity contribution in [1.82, 2.24) is 25.3 Å². The Morgan fingerprint density at radius 1 is 1.29 bits per heavy atom. The first-order chi connectivity index (χ1) is 11.2. The summed E-state index contributed by atoms with van der Waals surface area (Å²) < 4.78 is 1.65. The smallest absolute Gasteiger partial charge is 0.271 e. The van der Waals surface area contributed by atoms with Crippen LogP contribution in [0, 0.1) is 0 Å². The molecule has 0 atom stereocenters. The summed E-state index contributed by atoms with van der Waals surface area (Å²) in [6.07, 6.45) is 1.76. The lowest BCUT2D eigenvalue weighted by Crippen LogP contribution is -2.46. The molecule has 0 saturated carbocycles. The standard InChI is InChI=1S/C16H20ClN5O.ClH/c17-13-2-1-3-14(12-13)22-8-4-15(20-22)16(23)19-7-11-21-9-5-18-6-10-21;/h1-4,8,12,18H,5-7,9-11H2,(H,19,23);1H. The van der Waals surface area contributed by atoms with Crippen molar-refractivity contribution < 1.29 is 4.79 Å². The van der Waals surface area contributed by atoms with Crippen molar-refractivity contribution in [3.05, 3.63) is 47.2 Å². The SMILES string of the molecule is Cl.O=C(NCCN1CCNCC1)c1ccn(-c2cccc(Cl)c2)n1. The number of piperazine rings is 1. The number of hydrogen-bond donors (Lipinski definition) is 2. The van der Waals surface area contributed by atoms with Crippen LogP contribution in [-0.4, -0.2) is 59.9 Å². The van der Waals surface area contributed by atoms with Gasteiger partial charge in [0.1, 0.15) is 0 Å². The summed E-state index contributed by atoms with van der Waals surface area (Å²) in [6, 6.07) is 9.07. The van der Waals surface area contributed by atoms with Crippen LogP contribution in [0.3, 0.4) is 0 Å². The van der Waals surface area contributed by atoms with Crippen LogP contribution in [0.2, 0.25) is 5.02 Å². The van der Waals surface area contributed by atoms with Gasteiger partial charge in [-0.15, -0.1) is 12.4 Å². The predicted molar refractivity (Wildman–Crippen MR) is 97.5 cm³/mol. The Hall–Kier alpha value is -1.60. The monoisotopic (exact) mass is 369 g/mol. The molecule has 6 nitrogen and oxygen atoms in total. The van der Waals surface area contributed by atoms with Gasteiger partial charge in [-0.05, 0) is 24.3 Å². The van der Waals surface area contributed by atoms with Crippen LogP contribution in [-0.2, 0) is 0 Å². The van der Waals surface area contributed by atoms with Gasteiger partial charge in [0, 0.05) is 50.5 Å². The topological polar surface area (TPSA) is 62.2 Å². The van der Waals surface area contributed by atoms with Crippen molar-refractivity contribution in [2.75, 3.05) is 39.3 Å². The third kappa shape index (κ3) is 4.95. The van der Waals surface area contributed by atoms with E-state index < -0.39 is 0 Å². The highest BCUT2D eigenvalue weighted by Crippen LogP contribution is 2.14. The van der Waals surface area contributed by atoms with E-state index >= 15 is 0 Å². The second-order valence-corrected chi connectivity index (χ2v) is 5.91. The van der Waals surface area contributed by atoms with E-state index in [4.69, 9.17) is 11.6 Å². The highest BCUT2D eigenvalue weighted by atomic mass is 35.5. The third-order valence-corrected chi connectivity index (χ3v) is 4.05. The molecule has 2 aromatic rings. The Kier molecular flexibility index (Phi) is 7.05. The molecule has 1 amide bonds. The van der Waals surface area contributed by atoms with E-state index in [1.165, 1.54) is 0 Å². The number of aromatic nitrogens is 2. The Balaban J connectivity index is 0.00000208. The van der Waals surface area contributed by atoms with Gasteiger partial charge in [0.15, 0.2) is 5.69 Å². The van der Waals surface area contributed by atoms with Crippen LogP contribution in [0.4, 0.5) is 0 Å². The van der Waals surface area contributed by atoms with Crippen molar-refractivity contribution in [3.8, 4) is 5.69 Å². The van der Waals surface area contributed by atoms with Crippen molar-refractivity contribution >= 4 is 29.9 Å². The van der Waals surface area contributed by atoms with Crippen molar-refractivity contribution in [2.24, 2.45) is 0 Å². The van der Waals surface area contributed by atoms with Gasteiger partial charge >= 0.3 is 0 Å². The minimum Gasteiger partial charge on any atom is -0.349 e. The number of carbonyl (C=O) groups is 1. The normalized spacial score (nSPS) is 14.9. The van der Waals surface area contributed by atoms with E-state index in [2.05, 4.69) is 20.6 Å². The number of amides is 1. The van der Waals surface area contributed by atoms with E-state index in [1.54, 1.807) is 29.1 Å². The van der Waals surface area contributed by atoms with Gasteiger partial charge in [0.05, 0.1) is 5.69 Å². The minimum absolute atomic E-state index is 0. The predicted octanol–water partition coefficient (Wildman–Crippen LogP) is 1.58. The molecule has 2 N–H and O–H groups in total. The number of hydrogen-bond acceptors (Lipinski definition) is 4. The highest BCUT2D eigenvalue weighted by Gasteiger charge is 2.12. The Labute approximate surface area is 152 Å². The molecule has 0 radical (unpaired) electrons. The zero-order valence-corrected chi connectivity index (χ0v) is 14.8. The van der Waals surface area contributed by atoms with Crippen LogP contribution < -0.4 is 10.6 Å². The van der Waals surface area contributed by atoms with Crippen LogP contribution in [0.1, 0.15) is 10.5 Å². The van der Waals surface area contributed by atoms with E-state index in [0.29, 0.717) is 17.3 Å². The average Bonchev–Trinajstić information content (AvgIpc) is 3.06. The maximum atomic E-state index is 12.2. The first kappa shape index (κ1) is 18.7. The first-order valence-electron chi connectivity index (χ1n) is 7.75. The molecule has 1 aromatic carbocycles. The summed E-state index contributed by atoms with van der Waals surface area (Å²) in [5.74, 6) is -0.152. The highest BCUT2D eigenvalue weighted by molar-refractivity contribution is 6.30. The second-order valence-electron chi connectivity index (χ2n) is 5.47. The molecule has 3 rings (SSSR count). The number of rotatable bonds is 5. The van der Waals surface area contributed by atoms with Crippen molar-refractivity contribution in [2.45, 2.75) is 0 Å². The summed E-state index contributed by atoms with van der Waals surface area (Å²) in [4.78, 5) is 14.5. The number of nitrogens with one attached hydrogen (secondary N) is 2. The van der Waals surface area contributed by atoms with Gasteiger partial charge in [-0.1, -0.05) is 17.7 Å². The lowest BCUT2D eigenvalue weighted by Gasteiger charge is -2.26. The molecule has 0 bridgehead atoms. The van der Waals surface area contributed by atoms with Crippen LogP contribution in [0.25, 0.3) is 5.69 Å². The van der Waals surface area contributed by atoms with Gasteiger partial charge in [-0.3, -0.25) is 9.69 Å². The minimum atomic E-state index is -0.152. The molecule has 1 aliphatic heterocycles. The lowest BCUT2D eigenvalue weighted by molar-refractivity contribution is 0.0942. The molecule has 130 valence electrons. The average molecular weight is 370 g/mol. The molecule has 1 aliphatic rings. The summed E-state index contributed by atoms with van der Waals surface area (Å²) >= 11 is 5.98. The van der Waals surface area contributed by atoms with Gasteiger partial charge in [0.2, 0.25) is 0 Å². The number of benzene rings is 1. The van der Waals surface area contributed by atoms with Crippen LogP contribution in [0.15, 0.2) is 36.5 Å².